The molecule has 1 aromatic carbocycles. The van der Waals surface area contributed by atoms with Crippen molar-refractivity contribution in [2.45, 2.75) is 141 Å². The van der Waals surface area contributed by atoms with Gasteiger partial charge in [0, 0.05) is 71.8 Å². The molecule has 1 aromatic rings. The Bertz CT molecular complexity index is 2030. The molecule has 6 atom stereocenters. The first-order chi connectivity index (χ1) is 33.7. The predicted molar refractivity (Wildman–Crippen MR) is 282 cm³/mol. The highest BCUT2D eigenvalue weighted by molar-refractivity contribution is 14.1. The molecule has 3 rings (SSSR count). The maximum absolute atomic E-state index is 14.6. The maximum Gasteiger partial charge on any atom is 0.246 e. The monoisotopic (exact) mass is 1100 g/mol. The summed E-state index contributed by atoms with van der Waals surface area (Å²) >= 11 is 2.19. The minimum atomic E-state index is -1.10. The number of likely N-dealkylation sites (N-methyl/N-ethyl adjacent to an activating group) is 6. The standard InChI is InChI=1S/C53H81IN8O9/c1-11-14-15-17-24-41(59(8)46(65)35-43(50(68)56(5)13-3)61(10)45(64)34-38-22-19-20-23-38)49(67)55-48(37(4)12-2)53(71)58(7)36-47(66)60(9)42-25-18-16-21-30-62(52(42)70)44(51(69)57(6)31-32-63)33-39-26-28-40(54)29-27-39/h11,16,18,26-29,32,37-38,41-44,48H,1,12-15,17,19-25,30-31,33-36H2,2-10H3,(H,55,67)/b18-16-/t37?,41?,42-,43-,44-,48?/m0/s1. The van der Waals surface area contributed by atoms with E-state index in [4.69, 9.17) is 0 Å². The summed E-state index contributed by atoms with van der Waals surface area (Å²) in [5.74, 6) is -3.78. The summed E-state index contributed by atoms with van der Waals surface area (Å²) in [6.07, 6.45) is 13.6. The van der Waals surface area contributed by atoms with Gasteiger partial charge in [0.1, 0.15) is 36.5 Å². The second-order valence-corrected chi connectivity index (χ2v) is 20.6. The van der Waals surface area contributed by atoms with Crippen LogP contribution in [0.15, 0.2) is 49.1 Å². The highest BCUT2D eigenvalue weighted by Gasteiger charge is 2.40. The Morgan fingerprint density at radius 1 is 0.831 bits per heavy atom. The van der Waals surface area contributed by atoms with Crippen molar-refractivity contribution in [3.05, 3.63) is 58.2 Å². The molecule has 71 heavy (non-hydrogen) atoms. The van der Waals surface area contributed by atoms with E-state index in [1.54, 1.807) is 20.2 Å². The Hall–Kier alpha value is -5.14. The second kappa shape index (κ2) is 30.0. The zero-order chi connectivity index (χ0) is 52.9. The van der Waals surface area contributed by atoms with Gasteiger partial charge in [-0.15, -0.1) is 6.58 Å². The average molecular weight is 1100 g/mol. The zero-order valence-electron chi connectivity index (χ0n) is 43.8. The number of unbranched alkanes of at least 4 members (excludes halogenated alkanes) is 2. The molecule has 18 heteroatoms. The molecule has 1 saturated carbocycles. The number of nitrogens with one attached hydrogen (secondary N) is 1. The summed E-state index contributed by atoms with van der Waals surface area (Å²) in [6.45, 7) is 9.27. The van der Waals surface area contributed by atoms with Gasteiger partial charge in [-0.3, -0.25) is 38.4 Å². The number of amides is 8. The number of allylic oxidation sites excluding steroid dienone is 1. The molecule has 8 amide bonds. The van der Waals surface area contributed by atoms with Crippen LogP contribution in [0.1, 0.15) is 110 Å². The van der Waals surface area contributed by atoms with Gasteiger partial charge >= 0.3 is 0 Å². The number of nitrogens with zero attached hydrogens (tertiary/aromatic N) is 7. The van der Waals surface area contributed by atoms with E-state index in [2.05, 4.69) is 34.5 Å². The number of hydrogen-bond donors (Lipinski definition) is 1. The maximum atomic E-state index is 14.6. The Morgan fingerprint density at radius 3 is 2.08 bits per heavy atom. The molecule has 1 fully saturated rings. The highest BCUT2D eigenvalue weighted by atomic mass is 127. The summed E-state index contributed by atoms with van der Waals surface area (Å²) in [4.78, 5) is 134. The number of halogens is 1. The topological polar surface area (TPSA) is 188 Å². The predicted octanol–water partition coefficient (Wildman–Crippen LogP) is 4.70. The fourth-order valence-electron chi connectivity index (χ4n) is 9.15. The Kier molecular flexibility index (Phi) is 25.4. The molecule has 0 spiro atoms. The minimum absolute atomic E-state index is 0.156. The summed E-state index contributed by atoms with van der Waals surface area (Å²) in [5, 5.41) is 2.93. The van der Waals surface area contributed by atoms with Crippen molar-refractivity contribution in [2.24, 2.45) is 11.8 Å². The molecule has 0 aromatic heterocycles. The summed E-state index contributed by atoms with van der Waals surface area (Å²) < 4.78 is 1.00. The summed E-state index contributed by atoms with van der Waals surface area (Å²) in [7, 11) is 9.14. The van der Waals surface area contributed by atoms with Crippen LogP contribution in [0.4, 0.5) is 0 Å². The lowest BCUT2D eigenvalue weighted by Crippen LogP contribution is -2.59. The van der Waals surface area contributed by atoms with Crippen LogP contribution in [0.3, 0.4) is 0 Å². The summed E-state index contributed by atoms with van der Waals surface area (Å²) in [5.41, 5.74) is 0.820. The van der Waals surface area contributed by atoms with Crippen LogP contribution in [0.5, 0.6) is 0 Å². The number of rotatable bonds is 27. The van der Waals surface area contributed by atoms with E-state index in [0.29, 0.717) is 51.4 Å². The van der Waals surface area contributed by atoms with Crippen LogP contribution in [-0.2, 0) is 49.6 Å². The fourth-order valence-corrected chi connectivity index (χ4v) is 9.51. The van der Waals surface area contributed by atoms with E-state index in [1.165, 1.54) is 62.5 Å². The van der Waals surface area contributed by atoms with Gasteiger partial charge in [0.25, 0.3) is 0 Å². The van der Waals surface area contributed by atoms with E-state index < -0.39 is 78.1 Å². The zero-order valence-corrected chi connectivity index (χ0v) is 45.9. The van der Waals surface area contributed by atoms with Gasteiger partial charge in [-0.25, -0.2) is 0 Å². The largest absolute Gasteiger partial charge is 0.344 e. The van der Waals surface area contributed by atoms with Crippen molar-refractivity contribution < 1.29 is 43.2 Å². The molecule has 0 bridgehead atoms. The highest BCUT2D eigenvalue weighted by Crippen LogP contribution is 2.29. The normalized spacial score (nSPS) is 17.5. The van der Waals surface area contributed by atoms with Crippen molar-refractivity contribution in [1.82, 2.24) is 39.6 Å². The van der Waals surface area contributed by atoms with Crippen molar-refractivity contribution >= 4 is 76.1 Å². The quantitative estimate of drug-likeness (QED) is 0.0564. The number of hydrogen-bond acceptors (Lipinski definition) is 9. The van der Waals surface area contributed by atoms with Crippen LogP contribution < -0.4 is 5.32 Å². The minimum Gasteiger partial charge on any atom is -0.344 e. The van der Waals surface area contributed by atoms with Crippen LogP contribution in [0.25, 0.3) is 0 Å². The van der Waals surface area contributed by atoms with E-state index in [1.807, 2.05) is 57.2 Å². The SMILES string of the molecule is C=CCCCCC(C(=O)NC(C(=O)N(C)CC(=O)N(C)[C@H]1C/C=C\CCN([C@@H](Cc2ccc(I)cc2)C(=O)N(C)CC=O)C1=O)C(C)CC)N(C)C(=O)C[C@@H](C(=O)N(C)CC)N(C)C(=O)CC1CCCC1. The van der Waals surface area contributed by atoms with Crippen molar-refractivity contribution in [2.75, 3.05) is 68.5 Å². The smallest absolute Gasteiger partial charge is 0.246 e. The number of carbonyl (C=O) groups excluding carboxylic acids is 9. The lowest BCUT2D eigenvalue weighted by molar-refractivity contribution is -0.152. The van der Waals surface area contributed by atoms with E-state index in [-0.39, 0.29) is 56.5 Å². The molecule has 0 saturated heterocycles. The Labute approximate surface area is 436 Å². The summed E-state index contributed by atoms with van der Waals surface area (Å²) in [6, 6.07) is 2.41. The average Bonchev–Trinajstić information content (AvgIpc) is 3.87. The van der Waals surface area contributed by atoms with Gasteiger partial charge in [0.2, 0.25) is 47.3 Å². The van der Waals surface area contributed by atoms with E-state index >= 15 is 0 Å². The molecule has 3 unspecified atom stereocenters. The van der Waals surface area contributed by atoms with Crippen LogP contribution in [0, 0.1) is 15.4 Å². The van der Waals surface area contributed by atoms with Gasteiger partial charge < -0.3 is 44.4 Å². The molecule has 17 nitrogen and oxygen atoms in total. The third kappa shape index (κ3) is 17.5. The number of aldehydes is 1. The number of carbonyl (C=O) groups is 9. The molecule has 1 aliphatic heterocycles. The lowest BCUT2D eigenvalue weighted by Gasteiger charge is -2.38. The third-order valence-corrected chi connectivity index (χ3v) is 15.1. The van der Waals surface area contributed by atoms with E-state index in [0.717, 1.165) is 34.8 Å². The third-order valence-electron chi connectivity index (χ3n) is 14.3. The van der Waals surface area contributed by atoms with Crippen LogP contribution >= 0.6 is 22.6 Å². The van der Waals surface area contributed by atoms with Crippen molar-refractivity contribution in [3.8, 4) is 0 Å². The fraction of sp³-hybridized carbons (Fsp3) is 0.642. The van der Waals surface area contributed by atoms with Gasteiger partial charge in [-0.1, -0.05) is 69.9 Å². The molecule has 1 heterocycles. The Balaban J connectivity index is 1.86. The molecular weight excluding hydrogens is 1020 g/mol. The molecule has 1 N–H and O–H groups in total. The molecule has 1 aliphatic carbocycles. The van der Waals surface area contributed by atoms with Gasteiger partial charge in [-0.05, 0) is 104 Å². The first-order valence-electron chi connectivity index (χ1n) is 25.3. The second-order valence-electron chi connectivity index (χ2n) is 19.4. The van der Waals surface area contributed by atoms with Gasteiger partial charge in [0.15, 0.2) is 0 Å². The molecule has 394 valence electrons. The van der Waals surface area contributed by atoms with Crippen molar-refractivity contribution in [3.63, 3.8) is 0 Å². The molecule has 2 aliphatic rings. The van der Waals surface area contributed by atoms with Gasteiger partial charge in [-0.2, -0.15) is 0 Å². The lowest BCUT2D eigenvalue weighted by atomic mass is 9.96. The van der Waals surface area contributed by atoms with Gasteiger partial charge in [0.05, 0.1) is 19.5 Å². The van der Waals surface area contributed by atoms with Crippen molar-refractivity contribution in [1.29, 1.82) is 0 Å². The Morgan fingerprint density at radius 2 is 1.48 bits per heavy atom. The first kappa shape index (κ1) is 60.2. The van der Waals surface area contributed by atoms with E-state index in [9.17, 15) is 43.2 Å². The van der Waals surface area contributed by atoms with Crippen LogP contribution in [-0.4, -0.2) is 187 Å². The number of benzene rings is 1. The van der Waals surface area contributed by atoms with Crippen LogP contribution in [0.2, 0.25) is 0 Å². The molecular formula is C53H81IN8O9. The molecule has 0 radical (unpaired) electrons. The first-order valence-corrected chi connectivity index (χ1v) is 26.4.